The summed E-state index contributed by atoms with van der Waals surface area (Å²) >= 11 is 0. The number of nitrogens with zero attached hydrogens (tertiary/aromatic N) is 1. The molecule has 1 heterocycles. The van der Waals surface area contributed by atoms with Gasteiger partial charge in [-0.15, -0.1) is 13.2 Å². The SMILES string of the molecule is COc1ccc([C@H](CC(=O)O)NC(=O)Nc2c(O)ccn(C)c2=O)cc1-c1ccc(OC(F)(F)F)cc1. The third-order valence-electron chi connectivity index (χ3n) is 5.19. The number of hydrogen-bond acceptors (Lipinski definition) is 6. The maximum atomic E-state index is 12.6. The number of aromatic hydroxyl groups is 1. The van der Waals surface area contributed by atoms with E-state index in [4.69, 9.17) is 4.74 Å². The second kappa shape index (κ2) is 10.9. The first kappa shape index (κ1) is 26.9. The van der Waals surface area contributed by atoms with Gasteiger partial charge in [0.2, 0.25) is 0 Å². The highest BCUT2D eigenvalue weighted by Gasteiger charge is 2.31. The number of carboxylic acids is 1. The van der Waals surface area contributed by atoms with Gasteiger partial charge >= 0.3 is 18.4 Å². The molecule has 0 aliphatic heterocycles. The fourth-order valence-electron chi connectivity index (χ4n) is 3.48. The van der Waals surface area contributed by atoms with Crippen LogP contribution in [0.3, 0.4) is 0 Å². The number of aryl methyl sites for hydroxylation is 1. The molecular weight excluding hydrogens is 499 g/mol. The quantitative estimate of drug-likeness (QED) is 0.351. The van der Waals surface area contributed by atoms with Crippen molar-refractivity contribution in [1.29, 1.82) is 0 Å². The number of aromatic nitrogens is 1. The van der Waals surface area contributed by atoms with Crippen molar-refractivity contribution in [3.8, 4) is 28.4 Å². The Balaban J connectivity index is 1.91. The van der Waals surface area contributed by atoms with Crippen LogP contribution < -0.4 is 25.7 Å². The van der Waals surface area contributed by atoms with Gasteiger partial charge in [0.15, 0.2) is 5.69 Å². The maximum absolute atomic E-state index is 12.6. The minimum absolute atomic E-state index is 0.328. The Morgan fingerprint density at radius 2 is 1.78 bits per heavy atom. The van der Waals surface area contributed by atoms with Crippen molar-refractivity contribution in [2.45, 2.75) is 18.8 Å². The van der Waals surface area contributed by atoms with Gasteiger partial charge in [-0.3, -0.25) is 9.59 Å². The molecule has 0 saturated heterocycles. The number of amides is 2. The van der Waals surface area contributed by atoms with Crippen molar-refractivity contribution < 1.29 is 42.4 Å². The zero-order valence-corrected chi connectivity index (χ0v) is 19.5. The molecule has 3 aromatic rings. The fourth-order valence-corrected chi connectivity index (χ4v) is 3.48. The van der Waals surface area contributed by atoms with Gasteiger partial charge in [0, 0.05) is 18.8 Å². The van der Waals surface area contributed by atoms with Crippen LogP contribution in [0.2, 0.25) is 0 Å². The molecule has 0 saturated carbocycles. The summed E-state index contributed by atoms with van der Waals surface area (Å²) in [6.07, 6.45) is -4.10. The van der Waals surface area contributed by atoms with Crippen LogP contribution in [0, 0.1) is 0 Å². The van der Waals surface area contributed by atoms with Gasteiger partial charge in [-0.05, 0) is 41.5 Å². The third kappa shape index (κ3) is 6.93. The number of benzene rings is 2. The lowest BCUT2D eigenvalue weighted by atomic mass is 9.97. The summed E-state index contributed by atoms with van der Waals surface area (Å²) in [5.74, 6) is -1.80. The van der Waals surface area contributed by atoms with Crippen LogP contribution in [0.25, 0.3) is 11.1 Å². The molecule has 196 valence electrons. The lowest BCUT2D eigenvalue weighted by Gasteiger charge is -2.20. The van der Waals surface area contributed by atoms with Crippen molar-refractivity contribution >= 4 is 17.7 Å². The van der Waals surface area contributed by atoms with Crippen LogP contribution >= 0.6 is 0 Å². The van der Waals surface area contributed by atoms with Crippen LogP contribution in [0.4, 0.5) is 23.7 Å². The molecule has 2 aromatic carbocycles. The van der Waals surface area contributed by atoms with Crippen LogP contribution in [0.15, 0.2) is 59.5 Å². The lowest BCUT2D eigenvalue weighted by Crippen LogP contribution is -2.36. The molecule has 13 heteroatoms. The first-order chi connectivity index (χ1) is 17.4. The summed E-state index contributed by atoms with van der Waals surface area (Å²) in [6, 6.07) is 8.66. The average molecular weight is 521 g/mol. The topological polar surface area (TPSA) is 139 Å². The van der Waals surface area contributed by atoms with Gasteiger partial charge in [-0.25, -0.2) is 4.79 Å². The maximum Gasteiger partial charge on any atom is 0.573 e. The van der Waals surface area contributed by atoms with Crippen molar-refractivity contribution in [1.82, 2.24) is 9.88 Å². The highest BCUT2D eigenvalue weighted by Crippen LogP contribution is 2.35. The first-order valence-corrected chi connectivity index (χ1v) is 10.6. The van der Waals surface area contributed by atoms with E-state index in [2.05, 4.69) is 15.4 Å². The molecule has 0 spiro atoms. The van der Waals surface area contributed by atoms with Crippen molar-refractivity contribution in [3.63, 3.8) is 0 Å². The summed E-state index contributed by atoms with van der Waals surface area (Å²) < 4.78 is 47.8. The number of urea groups is 1. The number of carboxylic acid groups (broad SMARTS) is 1. The Bertz CT molecular complexity index is 1360. The molecule has 0 radical (unpaired) electrons. The standard InChI is InChI=1S/C24H22F3N3O7/c1-30-10-9-18(31)21(22(30)34)29-23(35)28-17(12-20(32)33)14-5-8-19(36-2)16(11-14)13-3-6-15(7-4-13)37-24(25,26)27/h3-11,17,31H,12H2,1-2H3,(H,32,33)(H2,28,29,35)/t17-/m0/s1. The average Bonchev–Trinajstić information content (AvgIpc) is 2.82. The van der Waals surface area contributed by atoms with Gasteiger partial charge in [0.25, 0.3) is 5.56 Å². The molecule has 0 aliphatic carbocycles. The van der Waals surface area contributed by atoms with E-state index in [1.165, 1.54) is 56.8 Å². The molecule has 10 nitrogen and oxygen atoms in total. The van der Waals surface area contributed by atoms with Gasteiger partial charge in [0.05, 0.1) is 19.6 Å². The fraction of sp³-hybridized carbons (Fsp3) is 0.208. The van der Waals surface area contributed by atoms with Crippen LogP contribution in [0.1, 0.15) is 18.0 Å². The molecule has 1 aromatic heterocycles. The van der Waals surface area contributed by atoms with E-state index in [9.17, 15) is 37.8 Å². The number of rotatable bonds is 8. The molecule has 37 heavy (non-hydrogen) atoms. The van der Waals surface area contributed by atoms with Crippen molar-refractivity contribution in [2.75, 3.05) is 12.4 Å². The number of methoxy groups -OCH3 is 1. The van der Waals surface area contributed by atoms with E-state index in [-0.39, 0.29) is 0 Å². The lowest BCUT2D eigenvalue weighted by molar-refractivity contribution is -0.274. The van der Waals surface area contributed by atoms with E-state index in [0.29, 0.717) is 22.4 Å². The van der Waals surface area contributed by atoms with E-state index in [0.717, 1.165) is 16.7 Å². The molecule has 0 fully saturated rings. The predicted molar refractivity (Wildman–Crippen MR) is 126 cm³/mol. The summed E-state index contributed by atoms with van der Waals surface area (Å²) in [5, 5.41) is 24.0. The minimum Gasteiger partial charge on any atom is -0.505 e. The van der Waals surface area contributed by atoms with Gasteiger partial charge in [-0.1, -0.05) is 18.2 Å². The smallest absolute Gasteiger partial charge is 0.505 e. The van der Waals surface area contributed by atoms with Crippen LogP contribution in [-0.2, 0) is 11.8 Å². The van der Waals surface area contributed by atoms with Crippen molar-refractivity contribution in [2.24, 2.45) is 7.05 Å². The number of carbonyl (C=O) groups excluding carboxylic acids is 1. The Morgan fingerprint density at radius 1 is 1.11 bits per heavy atom. The number of ether oxygens (including phenoxy) is 2. The molecule has 2 amide bonds. The first-order valence-electron chi connectivity index (χ1n) is 10.6. The highest BCUT2D eigenvalue weighted by molar-refractivity contribution is 5.91. The molecule has 0 unspecified atom stereocenters. The number of aliphatic carboxylic acids is 1. The third-order valence-corrected chi connectivity index (χ3v) is 5.19. The number of anilines is 1. The second-order valence-corrected chi connectivity index (χ2v) is 7.77. The molecule has 3 rings (SSSR count). The molecular formula is C24H22F3N3O7. The van der Waals surface area contributed by atoms with Gasteiger partial charge in [-0.2, -0.15) is 0 Å². The van der Waals surface area contributed by atoms with Crippen molar-refractivity contribution in [3.05, 3.63) is 70.6 Å². The summed E-state index contributed by atoms with van der Waals surface area (Å²) in [7, 11) is 2.80. The summed E-state index contributed by atoms with van der Waals surface area (Å²) in [5.41, 5.74) is 0.0899. The summed E-state index contributed by atoms with van der Waals surface area (Å²) in [6.45, 7) is 0. The van der Waals surface area contributed by atoms with E-state index < -0.39 is 53.6 Å². The van der Waals surface area contributed by atoms with Crippen LogP contribution in [0.5, 0.6) is 17.2 Å². The zero-order valence-electron chi connectivity index (χ0n) is 19.5. The Morgan fingerprint density at radius 3 is 2.38 bits per heavy atom. The monoisotopic (exact) mass is 521 g/mol. The highest BCUT2D eigenvalue weighted by atomic mass is 19.4. The zero-order chi connectivity index (χ0) is 27.3. The van der Waals surface area contributed by atoms with Gasteiger partial charge in [0.1, 0.15) is 17.2 Å². The Labute approximate surface area is 207 Å². The van der Waals surface area contributed by atoms with Gasteiger partial charge < -0.3 is 34.9 Å². The molecule has 0 bridgehead atoms. The molecule has 1 atom stereocenters. The Hall–Kier alpha value is -4.68. The number of carbonyl (C=O) groups is 2. The second-order valence-electron chi connectivity index (χ2n) is 7.77. The number of hydrogen-bond donors (Lipinski definition) is 4. The molecule has 4 N–H and O–H groups in total. The predicted octanol–water partition coefficient (Wildman–Crippen LogP) is 4.00. The van der Waals surface area contributed by atoms with E-state index in [1.807, 2.05) is 0 Å². The largest absolute Gasteiger partial charge is 0.573 e. The normalized spacial score (nSPS) is 11.9. The number of halogens is 3. The summed E-state index contributed by atoms with van der Waals surface area (Å²) in [4.78, 5) is 36.3. The number of alkyl halides is 3. The van der Waals surface area contributed by atoms with E-state index >= 15 is 0 Å². The Kier molecular flexibility index (Phi) is 7.95. The van der Waals surface area contributed by atoms with Crippen LogP contribution in [-0.4, -0.2) is 40.3 Å². The number of pyridine rings is 1. The minimum atomic E-state index is -4.85. The number of nitrogens with one attached hydrogen (secondary N) is 2. The van der Waals surface area contributed by atoms with E-state index in [1.54, 1.807) is 0 Å². The molecule has 0 aliphatic rings.